The average molecular weight is 243 g/mol. The number of rotatable bonds is 3. The zero-order valence-electron chi connectivity index (χ0n) is 8.45. The van der Waals surface area contributed by atoms with Crippen molar-refractivity contribution in [1.82, 2.24) is 15.6 Å². The van der Waals surface area contributed by atoms with Crippen LogP contribution >= 0.6 is 23.1 Å². The van der Waals surface area contributed by atoms with E-state index in [4.69, 9.17) is 0 Å². The van der Waals surface area contributed by atoms with E-state index in [2.05, 4.69) is 15.6 Å². The summed E-state index contributed by atoms with van der Waals surface area (Å²) in [5.41, 5.74) is 0. The predicted molar refractivity (Wildman–Crippen MR) is 62.9 cm³/mol. The summed E-state index contributed by atoms with van der Waals surface area (Å²) in [7, 11) is 0. The second-order valence-corrected chi connectivity index (χ2v) is 5.68. The van der Waals surface area contributed by atoms with Gasteiger partial charge in [-0.15, -0.1) is 23.1 Å². The molecule has 1 aromatic heterocycles. The zero-order chi connectivity index (χ0) is 10.7. The van der Waals surface area contributed by atoms with E-state index in [0.29, 0.717) is 6.54 Å². The molecular weight excluding hydrogens is 230 g/mol. The Morgan fingerprint density at radius 1 is 1.80 bits per heavy atom. The van der Waals surface area contributed by atoms with E-state index in [0.717, 1.165) is 21.5 Å². The first-order valence-corrected chi connectivity index (χ1v) is 6.73. The highest BCUT2D eigenvalue weighted by Crippen LogP contribution is 2.12. The normalized spacial score (nSPS) is 20.5. The van der Waals surface area contributed by atoms with Crippen LogP contribution in [0.5, 0.6) is 0 Å². The number of hydrogen-bond donors (Lipinski definition) is 2. The van der Waals surface area contributed by atoms with E-state index < -0.39 is 0 Å². The molecule has 0 saturated carbocycles. The second-order valence-electron chi connectivity index (χ2n) is 3.34. The molecule has 1 unspecified atom stereocenters. The van der Waals surface area contributed by atoms with E-state index in [1.165, 1.54) is 0 Å². The zero-order valence-corrected chi connectivity index (χ0v) is 10.1. The minimum Gasteiger partial charge on any atom is -0.350 e. The Morgan fingerprint density at radius 3 is 3.27 bits per heavy atom. The third-order valence-corrected chi connectivity index (χ3v) is 3.99. The molecule has 1 aliphatic rings. The van der Waals surface area contributed by atoms with Crippen molar-refractivity contribution in [2.75, 3.05) is 11.6 Å². The molecule has 1 aromatic rings. The van der Waals surface area contributed by atoms with E-state index in [9.17, 15) is 4.79 Å². The lowest BCUT2D eigenvalue weighted by atomic mass is 10.3. The van der Waals surface area contributed by atoms with Gasteiger partial charge >= 0.3 is 0 Å². The van der Waals surface area contributed by atoms with Gasteiger partial charge in [0.05, 0.1) is 17.6 Å². The third-order valence-electron chi connectivity index (χ3n) is 2.14. The van der Waals surface area contributed by atoms with Gasteiger partial charge in [0, 0.05) is 22.7 Å². The van der Waals surface area contributed by atoms with Gasteiger partial charge in [-0.2, -0.15) is 0 Å². The van der Waals surface area contributed by atoms with Gasteiger partial charge in [-0.25, -0.2) is 4.98 Å². The van der Waals surface area contributed by atoms with Crippen molar-refractivity contribution in [3.05, 3.63) is 16.1 Å². The van der Waals surface area contributed by atoms with Crippen molar-refractivity contribution in [3.63, 3.8) is 0 Å². The van der Waals surface area contributed by atoms with Crippen molar-refractivity contribution in [3.8, 4) is 0 Å². The molecule has 1 atom stereocenters. The van der Waals surface area contributed by atoms with E-state index in [1.807, 2.05) is 13.1 Å². The van der Waals surface area contributed by atoms with Crippen molar-refractivity contribution < 1.29 is 4.79 Å². The Balaban J connectivity index is 1.80. The second kappa shape index (κ2) is 4.96. The maximum absolute atomic E-state index is 11.6. The number of nitrogens with zero attached hydrogens (tertiary/aromatic N) is 1. The van der Waals surface area contributed by atoms with Crippen LogP contribution in [0.25, 0.3) is 0 Å². The van der Waals surface area contributed by atoms with Crippen molar-refractivity contribution in [1.29, 1.82) is 0 Å². The molecule has 0 spiro atoms. The summed E-state index contributed by atoms with van der Waals surface area (Å²) in [6, 6.07) is -0.0241. The first-order chi connectivity index (χ1) is 7.25. The molecule has 6 heteroatoms. The first-order valence-electron chi connectivity index (χ1n) is 4.76. The van der Waals surface area contributed by atoms with Gasteiger partial charge in [0.15, 0.2) is 0 Å². The summed E-state index contributed by atoms with van der Waals surface area (Å²) >= 11 is 3.38. The topological polar surface area (TPSA) is 54.0 Å². The van der Waals surface area contributed by atoms with Crippen molar-refractivity contribution in [2.45, 2.75) is 19.5 Å². The molecule has 1 saturated heterocycles. The van der Waals surface area contributed by atoms with Gasteiger partial charge in [0.1, 0.15) is 0 Å². The monoisotopic (exact) mass is 243 g/mol. The van der Waals surface area contributed by atoms with Crippen LogP contribution in [0.3, 0.4) is 0 Å². The number of aryl methyl sites for hydroxylation is 1. The van der Waals surface area contributed by atoms with E-state index >= 15 is 0 Å². The van der Waals surface area contributed by atoms with Crippen LogP contribution in [0.2, 0.25) is 0 Å². The Kier molecular flexibility index (Phi) is 3.61. The van der Waals surface area contributed by atoms with E-state index in [-0.39, 0.29) is 11.9 Å². The summed E-state index contributed by atoms with van der Waals surface area (Å²) in [6.07, 6.45) is 1.82. The number of thioether (sulfide) groups is 1. The number of nitrogens with one attached hydrogen (secondary N) is 2. The SMILES string of the molecule is Cc1ncc(CNC(=O)C2CSCN2)s1. The fraction of sp³-hybridized carbons (Fsp3) is 0.556. The summed E-state index contributed by atoms with van der Waals surface area (Å²) in [4.78, 5) is 16.9. The number of aromatic nitrogens is 1. The molecular formula is C9H13N3OS2. The van der Waals surface area contributed by atoms with Gasteiger partial charge in [0.2, 0.25) is 5.91 Å². The lowest BCUT2D eigenvalue weighted by Gasteiger charge is -2.08. The van der Waals surface area contributed by atoms with Crippen LogP contribution in [-0.4, -0.2) is 28.6 Å². The molecule has 1 aliphatic heterocycles. The highest BCUT2D eigenvalue weighted by Gasteiger charge is 2.21. The highest BCUT2D eigenvalue weighted by molar-refractivity contribution is 7.99. The average Bonchev–Trinajstić information content (AvgIpc) is 2.84. The largest absolute Gasteiger partial charge is 0.350 e. The summed E-state index contributed by atoms with van der Waals surface area (Å²) in [5, 5.41) is 7.08. The Morgan fingerprint density at radius 2 is 2.67 bits per heavy atom. The first kappa shape index (κ1) is 10.9. The molecule has 0 radical (unpaired) electrons. The minimum atomic E-state index is -0.0241. The van der Waals surface area contributed by atoms with Crippen LogP contribution in [-0.2, 0) is 11.3 Å². The Bertz CT molecular complexity index is 347. The molecule has 1 amide bonds. The van der Waals surface area contributed by atoms with Gasteiger partial charge in [0.25, 0.3) is 0 Å². The quantitative estimate of drug-likeness (QED) is 0.822. The van der Waals surface area contributed by atoms with Gasteiger partial charge in [-0.3, -0.25) is 10.1 Å². The number of carbonyl (C=O) groups excluding carboxylic acids is 1. The lowest BCUT2D eigenvalue weighted by molar-refractivity contribution is -0.122. The minimum absolute atomic E-state index is 0.0241. The predicted octanol–water partition coefficient (Wildman–Crippen LogP) is 0.730. The molecule has 0 aliphatic carbocycles. The number of amides is 1. The summed E-state index contributed by atoms with van der Waals surface area (Å²) in [6.45, 7) is 2.55. The number of hydrogen-bond acceptors (Lipinski definition) is 5. The molecule has 1 fully saturated rings. The van der Waals surface area contributed by atoms with Gasteiger partial charge in [-0.05, 0) is 6.92 Å². The molecule has 82 valence electrons. The fourth-order valence-electron chi connectivity index (χ4n) is 1.35. The summed E-state index contributed by atoms with van der Waals surface area (Å²) < 4.78 is 0. The maximum Gasteiger partial charge on any atom is 0.238 e. The fourth-order valence-corrected chi connectivity index (χ4v) is 3.02. The smallest absolute Gasteiger partial charge is 0.238 e. The highest BCUT2D eigenvalue weighted by atomic mass is 32.2. The third kappa shape index (κ3) is 2.93. The number of thiazole rings is 1. The summed E-state index contributed by atoms with van der Waals surface area (Å²) in [5.74, 6) is 1.83. The molecule has 4 nitrogen and oxygen atoms in total. The standard InChI is InChI=1S/C9H13N3OS2/c1-6-10-2-7(15-6)3-11-9(13)8-4-14-5-12-8/h2,8,12H,3-5H2,1H3,(H,11,13). The van der Waals surface area contributed by atoms with Gasteiger partial charge < -0.3 is 5.32 Å². The van der Waals surface area contributed by atoms with Crippen LogP contribution < -0.4 is 10.6 Å². The molecule has 0 bridgehead atoms. The van der Waals surface area contributed by atoms with Crippen LogP contribution in [0.15, 0.2) is 6.20 Å². The number of carbonyl (C=O) groups is 1. The van der Waals surface area contributed by atoms with Gasteiger partial charge in [-0.1, -0.05) is 0 Å². The Labute approximate surface area is 96.9 Å². The van der Waals surface area contributed by atoms with Crippen LogP contribution in [0, 0.1) is 6.92 Å². The van der Waals surface area contributed by atoms with Crippen LogP contribution in [0.4, 0.5) is 0 Å². The molecule has 2 rings (SSSR count). The van der Waals surface area contributed by atoms with Crippen LogP contribution in [0.1, 0.15) is 9.88 Å². The van der Waals surface area contributed by atoms with Crippen molar-refractivity contribution in [2.24, 2.45) is 0 Å². The molecule has 2 N–H and O–H groups in total. The Hall–Kier alpha value is -0.590. The van der Waals surface area contributed by atoms with E-state index in [1.54, 1.807) is 23.1 Å². The maximum atomic E-state index is 11.6. The molecule has 15 heavy (non-hydrogen) atoms. The van der Waals surface area contributed by atoms with Crippen molar-refractivity contribution >= 4 is 29.0 Å². The lowest BCUT2D eigenvalue weighted by Crippen LogP contribution is -2.41. The molecule has 2 heterocycles. The molecule has 0 aromatic carbocycles.